The summed E-state index contributed by atoms with van der Waals surface area (Å²) in [4.78, 5) is 25.9. The lowest BCUT2D eigenvalue weighted by Gasteiger charge is -2.40. The lowest BCUT2D eigenvalue weighted by Crippen LogP contribution is -2.64. The van der Waals surface area contributed by atoms with E-state index in [2.05, 4.69) is 34.3 Å². The van der Waals surface area contributed by atoms with E-state index in [9.17, 15) is 9.59 Å². The van der Waals surface area contributed by atoms with Gasteiger partial charge in [-0.3, -0.25) is 9.48 Å². The van der Waals surface area contributed by atoms with Crippen molar-refractivity contribution in [1.82, 2.24) is 25.3 Å². The minimum Gasteiger partial charge on any atom is -0.350 e. The van der Waals surface area contributed by atoms with Crippen molar-refractivity contribution in [2.45, 2.75) is 64.1 Å². The number of urea groups is 1. The highest BCUT2D eigenvalue weighted by Gasteiger charge is 2.37. The highest BCUT2D eigenvalue weighted by atomic mass is 16.2. The Morgan fingerprint density at radius 1 is 1.16 bits per heavy atom. The molecular formula is C18H27N5O2. The van der Waals surface area contributed by atoms with Gasteiger partial charge in [0.1, 0.15) is 0 Å². The van der Waals surface area contributed by atoms with Gasteiger partial charge in [0.2, 0.25) is 5.91 Å². The maximum atomic E-state index is 12.4. The molecule has 0 radical (unpaired) electrons. The van der Waals surface area contributed by atoms with Gasteiger partial charge in [0.25, 0.3) is 0 Å². The summed E-state index contributed by atoms with van der Waals surface area (Å²) in [7, 11) is 0. The van der Waals surface area contributed by atoms with E-state index >= 15 is 0 Å². The molecule has 1 aromatic heterocycles. The number of hydrogen-bond donors (Lipinski definition) is 2. The minimum absolute atomic E-state index is 0.0130. The molecule has 4 rings (SSSR count). The molecule has 1 saturated carbocycles. The Morgan fingerprint density at radius 2 is 1.92 bits per heavy atom. The lowest BCUT2D eigenvalue weighted by molar-refractivity contribution is -0.123. The second-order valence-corrected chi connectivity index (χ2v) is 7.93. The van der Waals surface area contributed by atoms with Crippen LogP contribution in [0.2, 0.25) is 0 Å². The molecule has 1 aliphatic heterocycles. The number of rotatable bonds is 4. The van der Waals surface area contributed by atoms with Gasteiger partial charge in [-0.2, -0.15) is 5.10 Å². The van der Waals surface area contributed by atoms with E-state index in [1.165, 1.54) is 11.3 Å². The van der Waals surface area contributed by atoms with Crippen LogP contribution in [-0.2, 0) is 17.6 Å². The highest BCUT2D eigenvalue weighted by Crippen LogP contribution is 2.29. The Morgan fingerprint density at radius 3 is 2.60 bits per heavy atom. The van der Waals surface area contributed by atoms with E-state index in [0.29, 0.717) is 19.1 Å². The normalized spacial score (nSPS) is 23.2. The quantitative estimate of drug-likeness (QED) is 0.862. The highest BCUT2D eigenvalue weighted by molar-refractivity contribution is 5.82. The molecule has 7 heteroatoms. The molecular weight excluding hydrogens is 318 g/mol. The van der Waals surface area contributed by atoms with Crippen molar-refractivity contribution in [3.05, 3.63) is 17.5 Å². The number of aryl methyl sites for hydroxylation is 1. The van der Waals surface area contributed by atoms with Gasteiger partial charge in [-0.15, -0.1) is 0 Å². The summed E-state index contributed by atoms with van der Waals surface area (Å²) in [5, 5.41) is 10.7. The van der Waals surface area contributed by atoms with Gasteiger partial charge < -0.3 is 15.5 Å². The van der Waals surface area contributed by atoms with Crippen LogP contribution in [0.3, 0.4) is 0 Å². The number of amides is 3. The summed E-state index contributed by atoms with van der Waals surface area (Å²) in [6.07, 6.45) is 6.76. The predicted molar refractivity (Wildman–Crippen MR) is 93.2 cm³/mol. The number of carbonyl (C=O) groups is 2. The smallest absolute Gasteiger partial charge is 0.317 e. The van der Waals surface area contributed by atoms with Crippen LogP contribution in [-0.4, -0.2) is 51.8 Å². The number of nitrogens with zero attached hydrogens (tertiary/aromatic N) is 3. The van der Waals surface area contributed by atoms with Crippen molar-refractivity contribution in [2.24, 2.45) is 5.92 Å². The summed E-state index contributed by atoms with van der Waals surface area (Å²) in [5.74, 6) is 0.386. The van der Waals surface area contributed by atoms with Gasteiger partial charge in [0.05, 0.1) is 12.2 Å². The second-order valence-electron chi connectivity index (χ2n) is 7.93. The first kappa shape index (κ1) is 16.4. The number of fused-ring (bicyclic) bond motifs is 1. The molecule has 3 aliphatic rings. The maximum Gasteiger partial charge on any atom is 0.317 e. The van der Waals surface area contributed by atoms with Crippen molar-refractivity contribution in [3.8, 4) is 0 Å². The molecule has 2 fully saturated rings. The van der Waals surface area contributed by atoms with Crippen LogP contribution in [0.5, 0.6) is 0 Å². The number of aromatic nitrogens is 2. The first-order valence-corrected chi connectivity index (χ1v) is 9.42. The van der Waals surface area contributed by atoms with E-state index in [1.807, 2.05) is 6.20 Å². The fourth-order valence-electron chi connectivity index (χ4n) is 3.76. The average Bonchev–Trinajstić information content (AvgIpc) is 3.29. The summed E-state index contributed by atoms with van der Waals surface area (Å²) in [5.41, 5.74) is 2.57. The standard InChI is InChI=1S/C18H27N5O2/c1-11(2)23-16-7-14(6-5-13(16)8-19-23)21-18(25)22-9-15(10-22)20-17(24)12-3-4-12/h8,11-12,14-15H,3-7,9-10H2,1-2H3,(H,20,24)(H,21,25). The zero-order chi connectivity index (χ0) is 17.6. The van der Waals surface area contributed by atoms with Gasteiger partial charge in [-0.25, -0.2) is 4.79 Å². The Bertz CT molecular complexity index is 673. The van der Waals surface area contributed by atoms with E-state index in [-0.39, 0.29) is 29.9 Å². The molecule has 0 bridgehead atoms. The van der Waals surface area contributed by atoms with Crippen LogP contribution >= 0.6 is 0 Å². The van der Waals surface area contributed by atoms with Crippen molar-refractivity contribution < 1.29 is 9.59 Å². The molecule has 3 amide bonds. The van der Waals surface area contributed by atoms with Gasteiger partial charge in [0.15, 0.2) is 0 Å². The van der Waals surface area contributed by atoms with Crippen LogP contribution in [0.15, 0.2) is 6.20 Å². The summed E-state index contributed by atoms with van der Waals surface area (Å²) < 4.78 is 2.07. The monoisotopic (exact) mass is 345 g/mol. The molecule has 0 aromatic carbocycles. The zero-order valence-corrected chi connectivity index (χ0v) is 15.0. The Kier molecular flexibility index (Phi) is 4.17. The second kappa shape index (κ2) is 6.35. The van der Waals surface area contributed by atoms with Crippen LogP contribution < -0.4 is 10.6 Å². The number of hydrogen-bond acceptors (Lipinski definition) is 3. The average molecular weight is 345 g/mol. The minimum atomic E-state index is -0.0130. The fourth-order valence-corrected chi connectivity index (χ4v) is 3.76. The lowest BCUT2D eigenvalue weighted by atomic mass is 9.93. The zero-order valence-electron chi connectivity index (χ0n) is 15.0. The Labute approximate surface area is 148 Å². The third-order valence-electron chi connectivity index (χ3n) is 5.47. The topological polar surface area (TPSA) is 79.3 Å². The number of carbonyl (C=O) groups excluding carboxylic acids is 2. The van der Waals surface area contributed by atoms with E-state index < -0.39 is 0 Å². The van der Waals surface area contributed by atoms with Crippen LogP contribution in [0.4, 0.5) is 4.79 Å². The largest absolute Gasteiger partial charge is 0.350 e. The Hall–Kier alpha value is -2.05. The molecule has 1 atom stereocenters. The van der Waals surface area contributed by atoms with Crippen LogP contribution in [0.25, 0.3) is 0 Å². The molecule has 136 valence electrons. The third-order valence-corrected chi connectivity index (χ3v) is 5.47. The number of likely N-dealkylation sites (tertiary alicyclic amines) is 1. The van der Waals surface area contributed by atoms with E-state index in [1.54, 1.807) is 4.90 Å². The predicted octanol–water partition coefficient (Wildman–Crippen LogP) is 1.24. The SMILES string of the molecule is CC(C)n1ncc2c1CC(NC(=O)N1CC(NC(=O)C3CC3)C1)CC2. The first-order chi connectivity index (χ1) is 12.0. The summed E-state index contributed by atoms with van der Waals surface area (Å²) in [6.45, 7) is 5.50. The van der Waals surface area contributed by atoms with Gasteiger partial charge in [-0.05, 0) is 45.1 Å². The first-order valence-electron chi connectivity index (χ1n) is 9.42. The molecule has 25 heavy (non-hydrogen) atoms. The van der Waals surface area contributed by atoms with E-state index in [4.69, 9.17) is 0 Å². The van der Waals surface area contributed by atoms with E-state index in [0.717, 1.165) is 32.1 Å². The molecule has 2 N–H and O–H groups in total. The summed E-state index contributed by atoms with van der Waals surface area (Å²) >= 11 is 0. The van der Waals surface area contributed by atoms with Gasteiger partial charge in [-0.1, -0.05) is 0 Å². The van der Waals surface area contributed by atoms with Crippen molar-refractivity contribution >= 4 is 11.9 Å². The molecule has 2 heterocycles. The Balaban J connectivity index is 1.26. The molecule has 1 saturated heterocycles. The molecule has 2 aliphatic carbocycles. The van der Waals surface area contributed by atoms with Gasteiger partial charge >= 0.3 is 6.03 Å². The van der Waals surface area contributed by atoms with Crippen LogP contribution in [0.1, 0.15) is 50.4 Å². The molecule has 7 nitrogen and oxygen atoms in total. The number of nitrogens with one attached hydrogen (secondary N) is 2. The summed E-state index contributed by atoms with van der Waals surface area (Å²) in [6, 6.07) is 0.610. The van der Waals surface area contributed by atoms with Crippen molar-refractivity contribution in [3.63, 3.8) is 0 Å². The van der Waals surface area contributed by atoms with Crippen LogP contribution in [0, 0.1) is 5.92 Å². The molecule has 1 unspecified atom stereocenters. The van der Waals surface area contributed by atoms with Crippen molar-refractivity contribution in [1.29, 1.82) is 0 Å². The molecule has 0 spiro atoms. The third kappa shape index (κ3) is 3.37. The molecule has 1 aromatic rings. The van der Waals surface area contributed by atoms with Gasteiger partial charge in [0, 0.05) is 43.2 Å². The maximum absolute atomic E-state index is 12.4. The van der Waals surface area contributed by atoms with Crippen molar-refractivity contribution in [2.75, 3.05) is 13.1 Å². The fraction of sp³-hybridized carbons (Fsp3) is 0.722.